The van der Waals surface area contributed by atoms with Gasteiger partial charge < -0.3 is 5.32 Å². The van der Waals surface area contributed by atoms with Crippen LogP contribution in [0.25, 0.3) is 0 Å². The maximum absolute atomic E-state index is 11.9. The SMILES string of the molecule is Cc1ccccc1NC(=O)CCC(=O)NN=Cc1ccc(C(C)(C)C)cc1. The molecule has 2 aromatic rings. The Hall–Kier alpha value is -2.95. The highest BCUT2D eigenvalue weighted by atomic mass is 16.2. The number of hydrogen-bond donors (Lipinski definition) is 2. The normalized spacial score (nSPS) is 11.4. The molecule has 0 aliphatic rings. The third kappa shape index (κ3) is 6.70. The quantitative estimate of drug-likeness (QED) is 0.596. The van der Waals surface area contributed by atoms with Crippen molar-refractivity contribution >= 4 is 23.7 Å². The van der Waals surface area contributed by atoms with Crippen LogP contribution in [0.1, 0.15) is 50.3 Å². The van der Waals surface area contributed by atoms with Gasteiger partial charge in [-0.1, -0.05) is 63.2 Å². The first kappa shape index (κ1) is 20.4. The van der Waals surface area contributed by atoms with E-state index in [9.17, 15) is 9.59 Å². The van der Waals surface area contributed by atoms with E-state index in [1.165, 1.54) is 5.56 Å². The van der Waals surface area contributed by atoms with Crippen LogP contribution in [-0.4, -0.2) is 18.0 Å². The highest BCUT2D eigenvalue weighted by molar-refractivity contribution is 5.94. The summed E-state index contributed by atoms with van der Waals surface area (Å²) in [6.45, 7) is 8.40. The van der Waals surface area contributed by atoms with Gasteiger partial charge in [-0.2, -0.15) is 5.10 Å². The second-order valence-electron chi connectivity index (χ2n) is 7.53. The molecule has 5 heteroatoms. The van der Waals surface area contributed by atoms with Crippen LogP contribution in [0.2, 0.25) is 0 Å². The Bertz CT molecular complexity index is 818. The average Bonchev–Trinajstić information content (AvgIpc) is 2.62. The molecule has 0 saturated heterocycles. The van der Waals surface area contributed by atoms with Gasteiger partial charge in [0.2, 0.25) is 11.8 Å². The molecule has 2 N–H and O–H groups in total. The molecule has 2 aromatic carbocycles. The summed E-state index contributed by atoms with van der Waals surface area (Å²) in [5.41, 5.74) is 6.45. The Kier molecular flexibility index (Phi) is 6.88. The Morgan fingerprint density at radius 1 is 0.963 bits per heavy atom. The van der Waals surface area contributed by atoms with Crippen LogP contribution in [0, 0.1) is 6.92 Å². The predicted molar refractivity (Wildman–Crippen MR) is 110 cm³/mol. The first-order valence-corrected chi connectivity index (χ1v) is 9.03. The number of nitrogens with zero attached hydrogens (tertiary/aromatic N) is 1. The van der Waals surface area contributed by atoms with E-state index in [1.54, 1.807) is 6.21 Å². The second-order valence-corrected chi connectivity index (χ2v) is 7.53. The third-order valence-electron chi connectivity index (χ3n) is 4.18. The van der Waals surface area contributed by atoms with E-state index in [-0.39, 0.29) is 30.1 Å². The number of carbonyl (C=O) groups excluding carboxylic acids is 2. The van der Waals surface area contributed by atoms with E-state index < -0.39 is 0 Å². The van der Waals surface area contributed by atoms with Crippen LogP contribution in [0.4, 0.5) is 5.69 Å². The summed E-state index contributed by atoms with van der Waals surface area (Å²) in [4.78, 5) is 23.8. The molecule has 0 heterocycles. The van der Waals surface area contributed by atoms with Crippen LogP contribution >= 0.6 is 0 Å². The van der Waals surface area contributed by atoms with E-state index in [4.69, 9.17) is 0 Å². The van der Waals surface area contributed by atoms with Crippen molar-refractivity contribution in [2.45, 2.75) is 46.0 Å². The minimum absolute atomic E-state index is 0.0814. The van der Waals surface area contributed by atoms with Crippen molar-refractivity contribution in [2.75, 3.05) is 5.32 Å². The number of amides is 2. The molecule has 0 spiro atoms. The molecule has 0 unspecified atom stereocenters. The topological polar surface area (TPSA) is 70.6 Å². The summed E-state index contributed by atoms with van der Waals surface area (Å²) in [6.07, 6.45) is 1.78. The predicted octanol–water partition coefficient (Wildman–Crippen LogP) is 4.16. The van der Waals surface area contributed by atoms with Gasteiger partial charge in [0.15, 0.2) is 0 Å². The van der Waals surface area contributed by atoms with E-state index in [0.717, 1.165) is 16.8 Å². The van der Waals surface area contributed by atoms with Gasteiger partial charge in [0.1, 0.15) is 0 Å². The minimum Gasteiger partial charge on any atom is -0.326 e. The van der Waals surface area contributed by atoms with Crippen LogP contribution in [0.15, 0.2) is 53.6 Å². The number of para-hydroxylation sites is 1. The first-order valence-electron chi connectivity index (χ1n) is 9.03. The number of anilines is 1. The van der Waals surface area contributed by atoms with Gasteiger partial charge in [0.25, 0.3) is 0 Å². The van der Waals surface area contributed by atoms with E-state index in [1.807, 2.05) is 43.3 Å². The molecule has 0 aromatic heterocycles. The summed E-state index contributed by atoms with van der Waals surface area (Å²) < 4.78 is 0. The molecule has 0 bridgehead atoms. The number of carbonyl (C=O) groups is 2. The first-order chi connectivity index (χ1) is 12.8. The Morgan fingerprint density at radius 3 is 2.22 bits per heavy atom. The zero-order chi connectivity index (χ0) is 19.9. The molecule has 0 saturated carbocycles. The molecule has 0 aliphatic heterocycles. The molecular weight excluding hydrogens is 338 g/mol. The number of aryl methyl sites for hydroxylation is 1. The summed E-state index contributed by atoms with van der Waals surface area (Å²) in [6, 6.07) is 15.6. The highest BCUT2D eigenvalue weighted by Crippen LogP contribution is 2.21. The molecule has 2 amide bonds. The van der Waals surface area contributed by atoms with Crippen LogP contribution < -0.4 is 10.7 Å². The zero-order valence-corrected chi connectivity index (χ0v) is 16.4. The maximum atomic E-state index is 11.9. The van der Waals surface area contributed by atoms with E-state index >= 15 is 0 Å². The molecule has 0 fully saturated rings. The average molecular weight is 365 g/mol. The van der Waals surface area contributed by atoms with Crippen molar-refractivity contribution in [1.29, 1.82) is 0 Å². The van der Waals surface area contributed by atoms with E-state index in [0.29, 0.717) is 0 Å². The van der Waals surface area contributed by atoms with Gasteiger partial charge in [-0.25, -0.2) is 5.43 Å². The fourth-order valence-electron chi connectivity index (χ4n) is 2.46. The third-order valence-corrected chi connectivity index (χ3v) is 4.18. The van der Waals surface area contributed by atoms with Crippen molar-refractivity contribution < 1.29 is 9.59 Å². The number of benzene rings is 2. The molecule has 0 aliphatic carbocycles. The molecule has 2 rings (SSSR count). The Balaban J connectivity index is 1.76. The van der Waals surface area contributed by atoms with Gasteiger partial charge in [-0.3, -0.25) is 9.59 Å². The van der Waals surface area contributed by atoms with Gasteiger partial charge >= 0.3 is 0 Å². The van der Waals surface area contributed by atoms with Crippen molar-refractivity contribution in [1.82, 2.24) is 5.43 Å². The smallest absolute Gasteiger partial charge is 0.240 e. The molecule has 0 atom stereocenters. The lowest BCUT2D eigenvalue weighted by atomic mass is 9.87. The van der Waals surface area contributed by atoms with Crippen LogP contribution in [-0.2, 0) is 15.0 Å². The lowest BCUT2D eigenvalue weighted by Gasteiger charge is -2.18. The molecule has 27 heavy (non-hydrogen) atoms. The summed E-state index contributed by atoms with van der Waals surface area (Å²) >= 11 is 0. The number of nitrogens with one attached hydrogen (secondary N) is 2. The molecular formula is C22H27N3O2. The largest absolute Gasteiger partial charge is 0.326 e. The Morgan fingerprint density at radius 2 is 1.59 bits per heavy atom. The van der Waals surface area contributed by atoms with Gasteiger partial charge in [0, 0.05) is 18.5 Å². The Labute approximate surface area is 160 Å². The maximum Gasteiger partial charge on any atom is 0.240 e. The summed E-state index contributed by atoms with van der Waals surface area (Å²) in [7, 11) is 0. The van der Waals surface area contributed by atoms with Gasteiger partial charge in [0.05, 0.1) is 6.21 Å². The van der Waals surface area contributed by atoms with Crippen molar-refractivity contribution in [3.05, 3.63) is 65.2 Å². The molecule has 0 radical (unpaired) electrons. The van der Waals surface area contributed by atoms with Crippen molar-refractivity contribution in [3.63, 3.8) is 0 Å². The highest BCUT2D eigenvalue weighted by Gasteiger charge is 2.12. The summed E-state index contributed by atoms with van der Waals surface area (Å²) in [5, 5.41) is 6.76. The van der Waals surface area contributed by atoms with Crippen molar-refractivity contribution in [2.24, 2.45) is 5.10 Å². The van der Waals surface area contributed by atoms with Crippen LogP contribution in [0.3, 0.4) is 0 Å². The zero-order valence-electron chi connectivity index (χ0n) is 16.4. The number of hydrogen-bond acceptors (Lipinski definition) is 3. The minimum atomic E-state index is -0.294. The molecule has 142 valence electrons. The monoisotopic (exact) mass is 365 g/mol. The van der Waals surface area contributed by atoms with Crippen molar-refractivity contribution in [3.8, 4) is 0 Å². The van der Waals surface area contributed by atoms with Crippen LogP contribution in [0.5, 0.6) is 0 Å². The lowest BCUT2D eigenvalue weighted by Crippen LogP contribution is -2.20. The fourth-order valence-corrected chi connectivity index (χ4v) is 2.46. The summed E-state index contributed by atoms with van der Waals surface area (Å²) in [5.74, 6) is -0.487. The number of hydrazone groups is 1. The van der Waals surface area contributed by atoms with Gasteiger partial charge in [-0.15, -0.1) is 0 Å². The second kappa shape index (κ2) is 9.12. The standard InChI is InChI=1S/C22H27N3O2/c1-16-7-5-6-8-19(16)24-20(26)13-14-21(27)25-23-15-17-9-11-18(12-10-17)22(2,3)4/h5-12,15H,13-14H2,1-4H3,(H,24,26)(H,25,27). The van der Waals surface area contributed by atoms with Gasteiger partial charge in [-0.05, 0) is 35.1 Å². The number of rotatable bonds is 6. The van der Waals surface area contributed by atoms with E-state index in [2.05, 4.69) is 48.7 Å². The lowest BCUT2D eigenvalue weighted by molar-refractivity contribution is -0.124. The molecule has 5 nitrogen and oxygen atoms in total. The fraction of sp³-hybridized carbons (Fsp3) is 0.318.